The van der Waals surface area contributed by atoms with E-state index >= 15 is 0 Å². The van der Waals surface area contributed by atoms with Gasteiger partial charge in [0, 0.05) is 12.2 Å². The third-order valence-electron chi connectivity index (χ3n) is 3.00. The van der Waals surface area contributed by atoms with Crippen LogP contribution in [0.4, 0.5) is 10.1 Å². The zero-order valence-electron chi connectivity index (χ0n) is 11.2. The Morgan fingerprint density at radius 2 is 2.19 bits per heavy atom. The van der Waals surface area contributed by atoms with Crippen LogP contribution in [0.1, 0.15) is 17.2 Å². The number of hydrogen-bond acceptors (Lipinski definition) is 5. The molecule has 0 bridgehead atoms. The van der Waals surface area contributed by atoms with Gasteiger partial charge in [0.1, 0.15) is 10.7 Å². The third kappa shape index (κ3) is 3.59. The minimum absolute atomic E-state index is 0.190. The first kappa shape index (κ1) is 15.9. The molecule has 0 amide bonds. The molecule has 1 atom stereocenters. The van der Waals surface area contributed by atoms with E-state index in [1.807, 2.05) is 0 Å². The molecule has 1 aromatic carbocycles. The Bertz CT molecular complexity index is 730. The molecule has 0 aliphatic rings. The molecule has 2 aromatic rings. The molecule has 114 valence electrons. The van der Waals surface area contributed by atoms with E-state index in [-0.39, 0.29) is 12.2 Å². The minimum atomic E-state index is -4.08. The second kappa shape index (κ2) is 6.10. The Hall–Kier alpha value is -1.48. The highest BCUT2D eigenvalue weighted by Gasteiger charge is 2.21. The van der Waals surface area contributed by atoms with E-state index in [0.717, 1.165) is 12.1 Å². The lowest BCUT2D eigenvalue weighted by Gasteiger charge is -2.12. The van der Waals surface area contributed by atoms with Gasteiger partial charge in [-0.25, -0.2) is 17.5 Å². The summed E-state index contributed by atoms with van der Waals surface area (Å²) in [4.78, 5) is -0.525. The number of aliphatic hydroxyl groups is 1. The summed E-state index contributed by atoms with van der Waals surface area (Å²) in [5.74, 6) is -0.876. The summed E-state index contributed by atoms with van der Waals surface area (Å²) < 4.78 is 40.1. The highest BCUT2D eigenvalue weighted by molar-refractivity contribution is 7.89. The van der Waals surface area contributed by atoms with E-state index in [0.29, 0.717) is 11.1 Å². The van der Waals surface area contributed by atoms with Gasteiger partial charge >= 0.3 is 0 Å². The molecule has 1 aromatic heterocycles. The maximum absolute atomic E-state index is 13.8. The van der Waals surface area contributed by atoms with Gasteiger partial charge in [-0.15, -0.1) is 0 Å². The number of aryl methyl sites for hydroxylation is 1. The lowest BCUT2D eigenvalue weighted by molar-refractivity contribution is 0.182. The van der Waals surface area contributed by atoms with E-state index in [4.69, 9.17) is 5.73 Å². The van der Waals surface area contributed by atoms with Gasteiger partial charge in [0.05, 0.1) is 6.10 Å². The van der Waals surface area contributed by atoms with Crippen LogP contribution in [0.25, 0.3) is 0 Å². The van der Waals surface area contributed by atoms with Crippen molar-refractivity contribution in [1.29, 1.82) is 0 Å². The highest BCUT2D eigenvalue weighted by Crippen LogP contribution is 2.22. The average molecular weight is 330 g/mol. The molecule has 2 rings (SSSR count). The monoisotopic (exact) mass is 330 g/mol. The first-order chi connectivity index (χ1) is 9.81. The Morgan fingerprint density at radius 1 is 1.48 bits per heavy atom. The summed E-state index contributed by atoms with van der Waals surface area (Å²) in [5, 5.41) is 13.3. The average Bonchev–Trinajstić information content (AvgIpc) is 2.94. The van der Waals surface area contributed by atoms with Crippen LogP contribution < -0.4 is 10.5 Å². The van der Waals surface area contributed by atoms with Crippen LogP contribution in [0.5, 0.6) is 0 Å². The normalized spacial score (nSPS) is 13.3. The number of anilines is 1. The van der Waals surface area contributed by atoms with Crippen molar-refractivity contribution in [1.82, 2.24) is 4.72 Å². The fourth-order valence-corrected chi connectivity index (χ4v) is 3.56. The standard InChI is InChI=1S/C13H15FN2O3S2/c1-8-4-10(14)13(5-11(8)15)21(18,19)16-6-12(17)9-2-3-20-7-9/h2-5,7,12,16-17H,6,15H2,1H3. The van der Waals surface area contributed by atoms with Crippen molar-refractivity contribution in [3.05, 3.63) is 45.9 Å². The van der Waals surface area contributed by atoms with Gasteiger partial charge in [-0.2, -0.15) is 11.3 Å². The molecule has 0 radical (unpaired) electrons. The number of aliphatic hydroxyl groups excluding tert-OH is 1. The smallest absolute Gasteiger partial charge is 0.243 e. The van der Waals surface area contributed by atoms with Gasteiger partial charge in [0.2, 0.25) is 10.0 Å². The lowest BCUT2D eigenvalue weighted by atomic mass is 10.2. The summed E-state index contributed by atoms with van der Waals surface area (Å²) in [6.07, 6.45) is -0.989. The Balaban J connectivity index is 2.17. The molecule has 1 heterocycles. The fraction of sp³-hybridized carbons (Fsp3) is 0.231. The molecule has 8 heteroatoms. The first-order valence-electron chi connectivity index (χ1n) is 6.06. The van der Waals surface area contributed by atoms with Crippen LogP contribution >= 0.6 is 11.3 Å². The number of rotatable bonds is 5. The molecule has 0 spiro atoms. The molecule has 0 aliphatic carbocycles. The molecule has 21 heavy (non-hydrogen) atoms. The zero-order chi connectivity index (χ0) is 15.6. The number of nitrogens with one attached hydrogen (secondary N) is 1. The zero-order valence-corrected chi connectivity index (χ0v) is 12.8. The van der Waals surface area contributed by atoms with Gasteiger partial charge in [0.25, 0.3) is 0 Å². The molecule has 5 nitrogen and oxygen atoms in total. The van der Waals surface area contributed by atoms with Gasteiger partial charge < -0.3 is 10.8 Å². The molecule has 4 N–H and O–H groups in total. The highest BCUT2D eigenvalue weighted by atomic mass is 32.2. The Morgan fingerprint density at radius 3 is 2.81 bits per heavy atom. The summed E-state index contributed by atoms with van der Waals surface area (Å²) in [7, 11) is -4.08. The first-order valence-corrected chi connectivity index (χ1v) is 8.49. The molecular formula is C13H15FN2O3S2. The van der Waals surface area contributed by atoms with Crippen molar-refractivity contribution in [3.8, 4) is 0 Å². The molecular weight excluding hydrogens is 315 g/mol. The SMILES string of the molecule is Cc1cc(F)c(S(=O)(=O)NCC(O)c2ccsc2)cc1N. The molecule has 0 saturated carbocycles. The van der Waals surface area contributed by atoms with Crippen molar-refractivity contribution in [2.75, 3.05) is 12.3 Å². The Kier molecular flexibility index (Phi) is 4.62. The summed E-state index contributed by atoms with van der Waals surface area (Å²) in [5.41, 5.74) is 6.87. The fourth-order valence-electron chi connectivity index (χ4n) is 1.72. The van der Waals surface area contributed by atoms with Crippen molar-refractivity contribution in [3.63, 3.8) is 0 Å². The molecule has 0 saturated heterocycles. The van der Waals surface area contributed by atoms with Crippen LogP contribution in [-0.4, -0.2) is 20.1 Å². The summed E-state index contributed by atoms with van der Waals surface area (Å²) in [6.45, 7) is 1.34. The van der Waals surface area contributed by atoms with Crippen LogP contribution in [0, 0.1) is 12.7 Å². The number of nitrogens with two attached hydrogens (primary N) is 1. The van der Waals surface area contributed by atoms with Crippen molar-refractivity contribution < 1.29 is 17.9 Å². The number of nitrogen functional groups attached to an aromatic ring is 1. The maximum atomic E-state index is 13.8. The van der Waals surface area contributed by atoms with Crippen LogP contribution in [0.2, 0.25) is 0 Å². The number of hydrogen-bond donors (Lipinski definition) is 3. The number of thiophene rings is 1. The molecule has 0 fully saturated rings. The van der Waals surface area contributed by atoms with Gasteiger partial charge in [-0.1, -0.05) is 0 Å². The van der Waals surface area contributed by atoms with Gasteiger partial charge in [0.15, 0.2) is 0 Å². The van der Waals surface area contributed by atoms with Crippen molar-refractivity contribution >= 4 is 27.0 Å². The largest absolute Gasteiger partial charge is 0.398 e. The van der Waals surface area contributed by atoms with E-state index in [1.165, 1.54) is 11.3 Å². The van der Waals surface area contributed by atoms with Crippen LogP contribution in [0.15, 0.2) is 33.9 Å². The van der Waals surface area contributed by atoms with Crippen molar-refractivity contribution in [2.45, 2.75) is 17.9 Å². The Labute approximate surface area is 126 Å². The van der Waals surface area contributed by atoms with Crippen LogP contribution in [-0.2, 0) is 10.0 Å². The van der Waals surface area contributed by atoms with Crippen molar-refractivity contribution in [2.24, 2.45) is 0 Å². The predicted octanol–water partition coefficient (Wildman–Crippen LogP) is 1.79. The third-order valence-corrected chi connectivity index (χ3v) is 5.14. The minimum Gasteiger partial charge on any atom is -0.398 e. The number of benzene rings is 1. The van der Waals surface area contributed by atoms with E-state index in [1.54, 1.807) is 23.8 Å². The van der Waals surface area contributed by atoms with Crippen LogP contribution in [0.3, 0.4) is 0 Å². The second-order valence-corrected chi connectivity index (χ2v) is 7.08. The quantitative estimate of drug-likeness (QED) is 0.729. The van der Waals surface area contributed by atoms with Gasteiger partial charge in [-0.3, -0.25) is 0 Å². The van der Waals surface area contributed by atoms with Gasteiger partial charge in [-0.05, 0) is 47.0 Å². The molecule has 1 unspecified atom stereocenters. The second-order valence-electron chi connectivity index (χ2n) is 4.56. The van der Waals surface area contributed by atoms with E-state index in [9.17, 15) is 17.9 Å². The number of sulfonamides is 1. The molecule has 0 aliphatic heterocycles. The number of halogens is 1. The van der Waals surface area contributed by atoms with E-state index in [2.05, 4.69) is 4.72 Å². The van der Waals surface area contributed by atoms with E-state index < -0.39 is 26.8 Å². The lowest BCUT2D eigenvalue weighted by Crippen LogP contribution is -2.29. The summed E-state index contributed by atoms with van der Waals surface area (Å²) in [6, 6.07) is 3.83. The maximum Gasteiger partial charge on any atom is 0.243 e. The summed E-state index contributed by atoms with van der Waals surface area (Å²) >= 11 is 1.39. The topological polar surface area (TPSA) is 92.4 Å². The predicted molar refractivity (Wildman–Crippen MR) is 80.0 cm³/mol.